The second kappa shape index (κ2) is 8.54. The third-order valence-electron chi connectivity index (χ3n) is 4.27. The summed E-state index contributed by atoms with van der Waals surface area (Å²) in [6.07, 6.45) is 5.39. The first-order valence-corrected chi connectivity index (χ1v) is 9.88. The van der Waals surface area contributed by atoms with Crippen LogP contribution in [-0.2, 0) is 4.79 Å². The molecule has 0 bridgehead atoms. The van der Waals surface area contributed by atoms with E-state index in [-0.39, 0.29) is 11.9 Å². The van der Waals surface area contributed by atoms with E-state index in [2.05, 4.69) is 38.3 Å². The van der Waals surface area contributed by atoms with Gasteiger partial charge in [0.1, 0.15) is 5.75 Å². The Hall–Kier alpha value is -1.79. The molecule has 3 rings (SSSR count). The lowest BCUT2D eigenvalue weighted by molar-refractivity contribution is -0.117. The summed E-state index contributed by atoms with van der Waals surface area (Å²) >= 11 is 5.03. The molecule has 0 unspecified atom stereocenters. The highest BCUT2D eigenvalue weighted by Crippen LogP contribution is 2.24. The van der Waals surface area contributed by atoms with Gasteiger partial charge in [-0.25, -0.2) is 0 Å². The van der Waals surface area contributed by atoms with E-state index in [0.717, 1.165) is 40.3 Å². The maximum absolute atomic E-state index is 12.1. The molecular weight excluding hydrogens is 400 g/mol. The van der Waals surface area contributed by atoms with Crippen LogP contribution in [0.1, 0.15) is 17.7 Å². The minimum absolute atomic E-state index is 0.0209. The number of carbonyl (C=O) groups excluding carboxylic acids is 1. The van der Waals surface area contributed by atoms with E-state index >= 15 is 0 Å². The molecule has 0 aliphatic carbocycles. The molecule has 1 amide bonds. The summed E-state index contributed by atoms with van der Waals surface area (Å²) in [6, 6.07) is 12.3. The van der Waals surface area contributed by atoms with Crippen LogP contribution in [0.2, 0.25) is 0 Å². The van der Waals surface area contributed by atoms with Crippen molar-refractivity contribution in [3.8, 4) is 5.75 Å². The van der Waals surface area contributed by atoms with Crippen molar-refractivity contribution >= 4 is 44.9 Å². The van der Waals surface area contributed by atoms with Crippen LogP contribution in [0.4, 0.5) is 5.69 Å². The molecule has 0 spiro atoms. The van der Waals surface area contributed by atoms with E-state index in [1.54, 1.807) is 24.5 Å². The van der Waals surface area contributed by atoms with Gasteiger partial charge in [0, 0.05) is 35.8 Å². The van der Waals surface area contributed by atoms with E-state index in [1.165, 1.54) is 5.69 Å². The third kappa shape index (κ3) is 5.09. The molecule has 1 aromatic carbocycles. The summed E-state index contributed by atoms with van der Waals surface area (Å²) in [5.41, 5.74) is 1.20. The van der Waals surface area contributed by atoms with Gasteiger partial charge in [-0.2, -0.15) is 0 Å². The van der Waals surface area contributed by atoms with Crippen molar-refractivity contribution in [1.29, 1.82) is 0 Å². The quantitative estimate of drug-likeness (QED) is 0.732. The van der Waals surface area contributed by atoms with Crippen LogP contribution >= 0.6 is 27.3 Å². The Bertz CT molecular complexity index is 734. The molecule has 4 nitrogen and oxygen atoms in total. The van der Waals surface area contributed by atoms with Crippen LogP contribution in [0.5, 0.6) is 5.75 Å². The number of nitrogens with zero attached hydrogens (tertiary/aromatic N) is 1. The monoisotopic (exact) mass is 420 g/mol. The van der Waals surface area contributed by atoms with Gasteiger partial charge >= 0.3 is 0 Å². The Balaban J connectivity index is 1.47. The topological polar surface area (TPSA) is 41.6 Å². The Morgan fingerprint density at radius 2 is 1.96 bits per heavy atom. The van der Waals surface area contributed by atoms with Gasteiger partial charge in [0.05, 0.1) is 10.9 Å². The molecule has 0 saturated carbocycles. The standard InChI is InChI=1S/C19H21BrN2O2S/c1-24-16-4-2-15(3-5-16)22-12-10-14(11-13-22)21-19(23)9-7-17-6-8-18(20)25-17/h2-9,14H,10-13H2,1H3,(H,21,23)/b9-7+. The summed E-state index contributed by atoms with van der Waals surface area (Å²) < 4.78 is 6.27. The molecule has 2 aromatic rings. The summed E-state index contributed by atoms with van der Waals surface area (Å²) in [5.74, 6) is 0.850. The lowest BCUT2D eigenvalue weighted by atomic mass is 10.0. The highest BCUT2D eigenvalue weighted by atomic mass is 79.9. The normalized spacial score (nSPS) is 15.5. The minimum Gasteiger partial charge on any atom is -0.497 e. The molecule has 1 aliphatic rings. The molecule has 2 heterocycles. The number of carbonyl (C=O) groups is 1. The fourth-order valence-corrected chi connectivity index (χ4v) is 4.23. The van der Waals surface area contributed by atoms with Crippen molar-refractivity contribution < 1.29 is 9.53 Å². The van der Waals surface area contributed by atoms with E-state index < -0.39 is 0 Å². The molecule has 0 radical (unpaired) electrons. The van der Waals surface area contributed by atoms with Gasteiger partial charge in [-0.3, -0.25) is 4.79 Å². The highest BCUT2D eigenvalue weighted by Gasteiger charge is 2.20. The molecule has 1 aromatic heterocycles. The number of hydrogen-bond donors (Lipinski definition) is 1. The zero-order valence-corrected chi connectivity index (χ0v) is 16.5. The molecule has 1 fully saturated rings. The predicted octanol–water partition coefficient (Wildman–Crippen LogP) is 4.32. The predicted molar refractivity (Wildman–Crippen MR) is 107 cm³/mol. The summed E-state index contributed by atoms with van der Waals surface area (Å²) in [5, 5.41) is 3.11. The SMILES string of the molecule is COc1ccc(N2CCC(NC(=O)/C=C/c3ccc(Br)s3)CC2)cc1. The first kappa shape index (κ1) is 18.0. The number of piperidine rings is 1. The Labute approximate surface area is 160 Å². The van der Waals surface area contributed by atoms with Crippen LogP contribution in [0, 0.1) is 0 Å². The van der Waals surface area contributed by atoms with Crippen molar-refractivity contribution in [1.82, 2.24) is 5.32 Å². The minimum atomic E-state index is -0.0209. The van der Waals surface area contributed by atoms with Gasteiger partial charge in [0.25, 0.3) is 0 Å². The molecule has 1 aliphatic heterocycles. The number of nitrogens with one attached hydrogen (secondary N) is 1. The number of rotatable bonds is 5. The van der Waals surface area contributed by atoms with Crippen LogP contribution in [0.3, 0.4) is 0 Å². The van der Waals surface area contributed by atoms with Crippen LogP contribution < -0.4 is 15.0 Å². The molecule has 0 atom stereocenters. The zero-order chi connectivity index (χ0) is 17.6. The second-order valence-electron chi connectivity index (χ2n) is 5.94. The Kier molecular flexibility index (Phi) is 6.15. The van der Waals surface area contributed by atoms with Gasteiger partial charge in [-0.1, -0.05) is 0 Å². The molecule has 6 heteroatoms. The fourth-order valence-electron chi connectivity index (χ4n) is 2.90. The van der Waals surface area contributed by atoms with Crippen molar-refractivity contribution in [2.24, 2.45) is 0 Å². The Morgan fingerprint density at radius 3 is 2.56 bits per heavy atom. The van der Waals surface area contributed by atoms with Crippen LogP contribution in [0.15, 0.2) is 46.3 Å². The van der Waals surface area contributed by atoms with Crippen LogP contribution in [-0.4, -0.2) is 32.1 Å². The highest BCUT2D eigenvalue weighted by molar-refractivity contribution is 9.11. The number of methoxy groups -OCH3 is 1. The lowest BCUT2D eigenvalue weighted by Gasteiger charge is -2.33. The molecule has 1 N–H and O–H groups in total. The number of ether oxygens (including phenoxy) is 1. The van der Waals surface area contributed by atoms with Gasteiger partial charge < -0.3 is 15.0 Å². The third-order valence-corrected chi connectivity index (χ3v) is 5.86. The smallest absolute Gasteiger partial charge is 0.244 e. The van der Waals surface area contributed by atoms with Crippen LogP contribution in [0.25, 0.3) is 6.08 Å². The van der Waals surface area contributed by atoms with Gasteiger partial charge in [-0.05, 0) is 71.2 Å². The van der Waals surface area contributed by atoms with E-state index in [0.29, 0.717) is 0 Å². The van der Waals surface area contributed by atoms with Crippen molar-refractivity contribution in [2.45, 2.75) is 18.9 Å². The maximum Gasteiger partial charge on any atom is 0.244 e. The van der Waals surface area contributed by atoms with Crippen molar-refractivity contribution in [3.63, 3.8) is 0 Å². The van der Waals surface area contributed by atoms with Crippen molar-refractivity contribution in [3.05, 3.63) is 51.1 Å². The second-order valence-corrected chi connectivity index (χ2v) is 8.44. The number of halogens is 1. The van der Waals surface area contributed by atoms with Gasteiger partial charge in [0.15, 0.2) is 0 Å². The first-order valence-electron chi connectivity index (χ1n) is 8.27. The fraction of sp³-hybridized carbons (Fsp3) is 0.316. The Morgan fingerprint density at radius 1 is 1.24 bits per heavy atom. The van der Waals surface area contributed by atoms with Gasteiger partial charge in [0.2, 0.25) is 5.91 Å². The van der Waals surface area contributed by atoms with E-state index in [1.807, 2.05) is 30.3 Å². The molecule has 1 saturated heterocycles. The summed E-state index contributed by atoms with van der Waals surface area (Å²) in [7, 11) is 1.68. The molecule has 132 valence electrons. The number of anilines is 1. The average Bonchev–Trinajstić information content (AvgIpc) is 3.06. The summed E-state index contributed by atoms with van der Waals surface area (Å²) in [6.45, 7) is 1.89. The zero-order valence-electron chi connectivity index (χ0n) is 14.1. The van der Waals surface area contributed by atoms with E-state index in [4.69, 9.17) is 4.74 Å². The van der Waals surface area contributed by atoms with Gasteiger partial charge in [-0.15, -0.1) is 11.3 Å². The number of thiophene rings is 1. The molecular formula is C19H21BrN2O2S. The average molecular weight is 421 g/mol. The number of benzene rings is 1. The lowest BCUT2D eigenvalue weighted by Crippen LogP contribution is -2.44. The van der Waals surface area contributed by atoms with E-state index in [9.17, 15) is 4.79 Å². The largest absolute Gasteiger partial charge is 0.497 e. The number of hydrogen-bond acceptors (Lipinski definition) is 4. The maximum atomic E-state index is 12.1. The molecule has 25 heavy (non-hydrogen) atoms. The summed E-state index contributed by atoms with van der Waals surface area (Å²) in [4.78, 5) is 15.5. The number of amides is 1. The van der Waals surface area contributed by atoms with Crippen molar-refractivity contribution in [2.75, 3.05) is 25.1 Å². The first-order chi connectivity index (χ1) is 12.1.